The topological polar surface area (TPSA) is 67.0 Å². The fourth-order valence-electron chi connectivity index (χ4n) is 1.69. The Hall–Kier alpha value is -2.14. The Morgan fingerprint density at radius 2 is 2.22 bits per heavy atom. The number of amides is 1. The van der Waals surface area contributed by atoms with Crippen molar-refractivity contribution in [3.8, 4) is 0 Å². The number of hydrogen-bond acceptors (Lipinski definition) is 3. The van der Waals surface area contributed by atoms with E-state index in [9.17, 15) is 4.79 Å². The van der Waals surface area contributed by atoms with E-state index in [4.69, 9.17) is 4.74 Å². The van der Waals surface area contributed by atoms with E-state index in [1.165, 1.54) is 6.20 Å². The number of H-pyrrole nitrogens is 1. The third-order valence-electron chi connectivity index (χ3n) is 2.64. The van der Waals surface area contributed by atoms with Crippen LogP contribution in [0.2, 0.25) is 0 Å². The molecule has 0 saturated carbocycles. The van der Waals surface area contributed by atoms with E-state index in [2.05, 4.69) is 15.5 Å². The summed E-state index contributed by atoms with van der Waals surface area (Å²) >= 11 is 0. The van der Waals surface area contributed by atoms with Crippen LogP contribution in [-0.2, 0) is 11.3 Å². The maximum atomic E-state index is 12.0. The first-order chi connectivity index (χ1) is 8.72. The molecule has 0 radical (unpaired) electrons. The van der Waals surface area contributed by atoms with E-state index in [0.717, 1.165) is 16.9 Å². The number of nitrogens with zero attached hydrogens (tertiary/aromatic N) is 1. The van der Waals surface area contributed by atoms with Crippen LogP contribution in [0.25, 0.3) is 0 Å². The van der Waals surface area contributed by atoms with Crippen LogP contribution in [0.5, 0.6) is 0 Å². The molecule has 5 nitrogen and oxygen atoms in total. The van der Waals surface area contributed by atoms with Crippen molar-refractivity contribution < 1.29 is 9.53 Å². The summed E-state index contributed by atoms with van der Waals surface area (Å²) in [4.78, 5) is 12.0. The fourth-order valence-corrected chi connectivity index (χ4v) is 1.69. The SMILES string of the molecule is COCc1ccccc1NC(=O)c1cn[nH]c1C. The summed E-state index contributed by atoms with van der Waals surface area (Å²) in [5, 5.41) is 9.43. The number of benzene rings is 1. The number of aromatic amines is 1. The van der Waals surface area contributed by atoms with E-state index in [-0.39, 0.29) is 5.91 Å². The maximum absolute atomic E-state index is 12.0. The molecule has 2 aromatic rings. The number of carbonyl (C=O) groups is 1. The zero-order valence-corrected chi connectivity index (χ0v) is 10.4. The molecule has 2 rings (SSSR count). The van der Waals surface area contributed by atoms with Gasteiger partial charge in [0.1, 0.15) is 0 Å². The minimum atomic E-state index is -0.176. The number of para-hydroxylation sites is 1. The Balaban J connectivity index is 2.19. The second-order valence-electron chi connectivity index (χ2n) is 3.95. The highest BCUT2D eigenvalue weighted by molar-refractivity contribution is 6.05. The van der Waals surface area contributed by atoms with Crippen molar-refractivity contribution >= 4 is 11.6 Å². The fraction of sp³-hybridized carbons (Fsp3) is 0.231. The monoisotopic (exact) mass is 245 g/mol. The van der Waals surface area contributed by atoms with Crippen LogP contribution in [0, 0.1) is 6.92 Å². The molecule has 0 unspecified atom stereocenters. The molecule has 0 fully saturated rings. The van der Waals surface area contributed by atoms with Crippen LogP contribution in [0.4, 0.5) is 5.69 Å². The molecule has 1 amide bonds. The molecule has 0 bridgehead atoms. The van der Waals surface area contributed by atoms with Gasteiger partial charge in [0.25, 0.3) is 5.91 Å². The van der Waals surface area contributed by atoms with Gasteiger partial charge in [-0.15, -0.1) is 0 Å². The second kappa shape index (κ2) is 5.46. The van der Waals surface area contributed by atoms with Gasteiger partial charge in [0, 0.05) is 24.1 Å². The van der Waals surface area contributed by atoms with Crippen molar-refractivity contribution in [2.24, 2.45) is 0 Å². The predicted octanol–water partition coefficient (Wildman–Crippen LogP) is 2.12. The number of methoxy groups -OCH3 is 1. The van der Waals surface area contributed by atoms with Crippen molar-refractivity contribution in [2.75, 3.05) is 12.4 Å². The van der Waals surface area contributed by atoms with E-state index >= 15 is 0 Å². The lowest BCUT2D eigenvalue weighted by atomic mass is 10.1. The van der Waals surface area contributed by atoms with Gasteiger partial charge in [-0.05, 0) is 13.0 Å². The van der Waals surface area contributed by atoms with E-state index in [1.54, 1.807) is 7.11 Å². The lowest BCUT2D eigenvalue weighted by Crippen LogP contribution is -2.13. The Morgan fingerprint density at radius 1 is 1.44 bits per heavy atom. The average Bonchev–Trinajstić information content (AvgIpc) is 2.78. The summed E-state index contributed by atoms with van der Waals surface area (Å²) in [5.74, 6) is -0.176. The molecule has 5 heteroatoms. The van der Waals surface area contributed by atoms with Gasteiger partial charge in [0.2, 0.25) is 0 Å². The molecule has 0 spiro atoms. The highest BCUT2D eigenvalue weighted by Crippen LogP contribution is 2.17. The number of hydrogen-bond donors (Lipinski definition) is 2. The number of nitrogens with one attached hydrogen (secondary N) is 2. The zero-order chi connectivity index (χ0) is 13.0. The highest BCUT2D eigenvalue weighted by Gasteiger charge is 2.12. The lowest BCUT2D eigenvalue weighted by molar-refractivity contribution is 0.102. The van der Waals surface area contributed by atoms with Gasteiger partial charge in [-0.3, -0.25) is 9.89 Å². The Labute approximate surface area is 105 Å². The molecule has 1 heterocycles. The Bertz CT molecular complexity index is 549. The van der Waals surface area contributed by atoms with Crippen molar-refractivity contribution in [1.29, 1.82) is 0 Å². The number of ether oxygens (including phenoxy) is 1. The van der Waals surface area contributed by atoms with Crippen LogP contribution in [-0.4, -0.2) is 23.2 Å². The van der Waals surface area contributed by atoms with Gasteiger partial charge in [-0.2, -0.15) is 5.10 Å². The van der Waals surface area contributed by atoms with Gasteiger partial charge in [-0.25, -0.2) is 0 Å². The van der Waals surface area contributed by atoms with Crippen LogP contribution in [0.1, 0.15) is 21.6 Å². The van der Waals surface area contributed by atoms with Gasteiger partial charge in [-0.1, -0.05) is 18.2 Å². The molecule has 0 atom stereocenters. The first-order valence-electron chi connectivity index (χ1n) is 5.60. The molecule has 94 valence electrons. The molecule has 2 N–H and O–H groups in total. The predicted molar refractivity (Wildman–Crippen MR) is 68.4 cm³/mol. The quantitative estimate of drug-likeness (QED) is 0.867. The standard InChI is InChI=1S/C13H15N3O2/c1-9-11(7-14-16-9)13(17)15-12-6-4-3-5-10(12)8-18-2/h3-7H,8H2,1-2H3,(H,14,16)(H,15,17). The van der Waals surface area contributed by atoms with Crippen LogP contribution in [0.3, 0.4) is 0 Å². The Kier molecular flexibility index (Phi) is 3.74. The minimum Gasteiger partial charge on any atom is -0.380 e. The summed E-state index contributed by atoms with van der Waals surface area (Å²) in [6, 6.07) is 7.55. The van der Waals surface area contributed by atoms with Gasteiger partial charge in [0.15, 0.2) is 0 Å². The van der Waals surface area contributed by atoms with E-state index in [0.29, 0.717) is 12.2 Å². The molecule has 18 heavy (non-hydrogen) atoms. The van der Waals surface area contributed by atoms with Gasteiger partial charge >= 0.3 is 0 Å². The molecular weight excluding hydrogens is 230 g/mol. The summed E-state index contributed by atoms with van der Waals surface area (Å²) < 4.78 is 5.09. The zero-order valence-electron chi connectivity index (χ0n) is 10.4. The Morgan fingerprint density at radius 3 is 2.89 bits per heavy atom. The molecule has 1 aromatic heterocycles. The highest BCUT2D eigenvalue weighted by atomic mass is 16.5. The van der Waals surface area contributed by atoms with Crippen molar-refractivity contribution in [2.45, 2.75) is 13.5 Å². The summed E-state index contributed by atoms with van der Waals surface area (Å²) in [5.41, 5.74) is 2.98. The van der Waals surface area contributed by atoms with E-state index in [1.807, 2.05) is 31.2 Å². The lowest BCUT2D eigenvalue weighted by Gasteiger charge is -2.09. The second-order valence-corrected chi connectivity index (χ2v) is 3.95. The van der Waals surface area contributed by atoms with Crippen LogP contribution >= 0.6 is 0 Å². The summed E-state index contributed by atoms with van der Waals surface area (Å²) in [6.45, 7) is 2.27. The van der Waals surface area contributed by atoms with Crippen molar-refractivity contribution in [3.05, 3.63) is 47.3 Å². The number of aryl methyl sites for hydroxylation is 1. The first-order valence-corrected chi connectivity index (χ1v) is 5.60. The summed E-state index contributed by atoms with van der Waals surface area (Å²) in [6.07, 6.45) is 1.52. The average molecular weight is 245 g/mol. The van der Waals surface area contributed by atoms with E-state index < -0.39 is 0 Å². The molecule has 0 saturated heterocycles. The van der Waals surface area contributed by atoms with Crippen LogP contribution < -0.4 is 5.32 Å². The molecule has 0 aliphatic carbocycles. The number of carbonyl (C=O) groups excluding carboxylic acids is 1. The third-order valence-corrected chi connectivity index (χ3v) is 2.64. The minimum absolute atomic E-state index is 0.176. The smallest absolute Gasteiger partial charge is 0.259 e. The summed E-state index contributed by atoms with van der Waals surface area (Å²) in [7, 11) is 1.62. The largest absolute Gasteiger partial charge is 0.380 e. The van der Waals surface area contributed by atoms with Gasteiger partial charge < -0.3 is 10.1 Å². The molecular formula is C13H15N3O2. The molecule has 0 aliphatic rings. The third kappa shape index (κ3) is 2.57. The van der Waals surface area contributed by atoms with Gasteiger partial charge in [0.05, 0.1) is 18.4 Å². The van der Waals surface area contributed by atoms with Crippen LogP contribution in [0.15, 0.2) is 30.5 Å². The molecule has 0 aliphatic heterocycles. The number of anilines is 1. The van der Waals surface area contributed by atoms with Crippen molar-refractivity contribution in [3.63, 3.8) is 0 Å². The first kappa shape index (κ1) is 12.3. The molecule has 1 aromatic carbocycles. The number of rotatable bonds is 4. The van der Waals surface area contributed by atoms with Crippen molar-refractivity contribution in [1.82, 2.24) is 10.2 Å². The number of aromatic nitrogens is 2. The normalized spacial score (nSPS) is 10.3. The maximum Gasteiger partial charge on any atom is 0.259 e.